The standard InChI is InChI=1S/C15H16O5/c16-8-10-1-3-11(4-2-10)15(19)20-14-6-5-13(18)7-12(14)9-17/h5-11,18H,1-4H2. The fourth-order valence-corrected chi connectivity index (χ4v) is 2.40. The van der Waals surface area contributed by atoms with Gasteiger partial charge in [-0.1, -0.05) is 0 Å². The number of phenols is 1. The van der Waals surface area contributed by atoms with Crippen LogP contribution < -0.4 is 4.74 Å². The highest BCUT2D eigenvalue weighted by Gasteiger charge is 2.27. The maximum atomic E-state index is 12.0. The summed E-state index contributed by atoms with van der Waals surface area (Å²) < 4.78 is 5.23. The molecule has 0 aromatic heterocycles. The van der Waals surface area contributed by atoms with Gasteiger partial charge in [0.2, 0.25) is 0 Å². The first kappa shape index (κ1) is 14.2. The maximum Gasteiger partial charge on any atom is 0.314 e. The number of aromatic hydroxyl groups is 1. The van der Waals surface area contributed by atoms with Crippen LogP contribution in [0.4, 0.5) is 0 Å². The van der Waals surface area contributed by atoms with Gasteiger partial charge in [-0.15, -0.1) is 0 Å². The summed E-state index contributed by atoms with van der Waals surface area (Å²) in [6.07, 6.45) is 4.10. The lowest BCUT2D eigenvalue weighted by Gasteiger charge is -2.23. The molecule has 1 saturated carbocycles. The highest BCUT2D eigenvalue weighted by molar-refractivity contribution is 5.83. The third-order valence-corrected chi connectivity index (χ3v) is 3.63. The lowest BCUT2D eigenvalue weighted by atomic mass is 9.83. The van der Waals surface area contributed by atoms with Crippen molar-refractivity contribution in [3.05, 3.63) is 23.8 Å². The van der Waals surface area contributed by atoms with Crippen LogP contribution in [0.25, 0.3) is 0 Å². The number of aldehydes is 2. The largest absolute Gasteiger partial charge is 0.508 e. The highest BCUT2D eigenvalue weighted by atomic mass is 16.5. The monoisotopic (exact) mass is 276 g/mol. The van der Waals surface area contributed by atoms with Crippen molar-refractivity contribution in [1.29, 1.82) is 0 Å². The predicted molar refractivity (Wildman–Crippen MR) is 70.6 cm³/mol. The summed E-state index contributed by atoms with van der Waals surface area (Å²) in [7, 11) is 0. The Morgan fingerprint density at radius 3 is 2.50 bits per heavy atom. The van der Waals surface area contributed by atoms with Crippen molar-refractivity contribution in [2.45, 2.75) is 25.7 Å². The first-order chi connectivity index (χ1) is 9.63. The fraction of sp³-hybridized carbons (Fsp3) is 0.400. The quantitative estimate of drug-likeness (QED) is 0.517. The molecular weight excluding hydrogens is 260 g/mol. The van der Waals surface area contributed by atoms with Gasteiger partial charge in [-0.3, -0.25) is 9.59 Å². The molecule has 1 aromatic rings. The average molecular weight is 276 g/mol. The second kappa shape index (κ2) is 6.32. The van der Waals surface area contributed by atoms with Gasteiger partial charge in [-0.25, -0.2) is 0 Å². The molecule has 0 atom stereocenters. The molecule has 0 spiro atoms. The normalized spacial score (nSPS) is 22.0. The number of hydrogen-bond donors (Lipinski definition) is 1. The summed E-state index contributed by atoms with van der Waals surface area (Å²) in [5, 5.41) is 9.28. The smallest absolute Gasteiger partial charge is 0.314 e. The van der Waals surface area contributed by atoms with Gasteiger partial charge >= 0.3 is 5.97 Å². The van der Waals surface area contributed by atoms with Gasteiger partial charge in [-0.05, 0) is 43.9 Å². The minimum Gasteiger partial charge on any atom is -0.508 e. The second-order valence-electron chi connectivity index (χ2n) is 5.01. The van der Waals surface area contributed by atoms with Gasteiger partial charge < -0.3 is 14.6 Å². The molecule has 0 unspecified atom stereocenters. The molecule has 0 amide bonds. The summed E-state index contributed by atoms with van der Waals surface area (Å²) in [5.74, 6) is -0.486. The molecule has 0 radical (unpaired) electrons. The third kappa shape index (κ3) is 3.23. The van der Waals surface area contributed by atoms with Crippen LogP contribution in [0.5, 0.6) is 11.5 Å². The van der Waals surface area contributed by atoms with Crippen molar-refractivity contribution in [3.63, 3.8) is 0 Å². The summed E-state index contributed by atoms with van der Waals surface area (Å²) in [5.41, 5.74) is 0.139. The minimum atomic E-state index is -0.386. The molecule has 2 rings (SSSR count). The van der Waals surface area contributed by atoms with Crippen LogP contribution in [0.15, 0.2) is 18.2 Å². The van der Waals surface area contributed by atoms with Gasteiger partial charge in [0.25, 0.3) is 0 Å². The summed E-state index contributed by atoms with van der Waals surface area (Å²) in [4.78, 5) is 33.6. The lowest BCUT2D eigenvalue weighted by Crippen LogP contribution is -2.26. The van der Waals surface area contributed by atoms with E-state index in [1.807, 2.05) is 0 Å². The van der Waals surface area contributed by atoms with E-state index >= 15 is 0 Å². The van der Waals surface area contributed by atoms with E-state index in [0.29, 0.717) is 32.0 Å². The van der Waals surface area contributed by atoms with Crippen molar-refractivity contribution >= 4 is 18.5 Å². The Morgan fingerprint density at radius 2 is 1.90 bits per heavy atom. The molecule has 1 aromatic carbocycles. The van der Waals surface area contributed by atoms with Gasteiger partial charge in [0.15, 0.2) is 6.29 Å². The van der Waals surface area contributed by atoms with E-state index in [4.69, 9.17) is 4.74 Å². The van der Waals surface area contributed by atoms with Crippen molar-refractivity contribution in [1.82, 2.24) is 0 Å². The van der Waals surface area contributed by atoms with E-state index in [1.54, 1.807) is 0 Å². The number of esters is 1. The molecule has 0 saturated heterocycles. The first-order valence-electron chi connectivity index (χ1n) is 6.59. The Hall–Kier alpha value is -2.17. The Morgan fingerprint density at radius 1 is 1.20 bits per heavy atom. The predicted octanol–water partition coefficient (Wildman–Crippen LogP) is 2.12. The molecule has 0 heterocycles. The molecule has 1 aliphatic rings. The zero-order valence-corrected chi connectivity index (χ0v) is 11.0. The molecule has 20 heavy (non-hydrogen) atoms. The average Bonchev–Trinajstić information content (AvgIpc) is 2.49. The van der Waals surface area contributed by atoms with Crippen LogP contribution in [0.1, 0.15) is 36.0 Å². The van der Waals surface area contributed by atoms with Gasteiger partial charge in [0.1, 0.15) is 17.8 Å². The number of hydrogen-bond acceptors (Lipinski definition) is 5. The number of rotatable bonds is 4. The number of carbonyl (C=O) groups excluding carboxylic acids is 3. The van der Waals surface area contributed by atoms with Crippen LogP contribution in [-0.4, -0.2) is 23.6 Å². The molecular formula is C15H16O5. The maximum absolute atomic E-state index is 12.0. The van der Waals surface area contributed by atoms with E-state index in [-0.39, 0.29) is 34.9 Å². The number of ether oxygens (including phenoxy) is 1. The van der Waals surface area contributed by atoms with E-state index in [1.165, 1.54) is 18.2 Å². The van der Waals surface area contributed by atoms with Gasteiger partial charge in [0, 0.05) is 5.92 Å². The zero-order chi connectivity index (χ0) is 14.5. The van der Waals surface area contributed by atoms with E-state index in [2.05, 4.69) is 0 Å². The third-order valence-electron chi connectivity index (χ3n) is 3.63. The Kier molecular flexibility index (Phi) is 4.50. The molecule has 5 nitrogen and oxygen atoms in total. The molecule has 106 valence electrons. The zero-order valence-electron chi connectivity index (χ0n) is 11.0. The SMILES string of the molecule is O=Cc1cc(O)ccc1OC(=O)C1CCC(C=O)CC1. The topological polar surface area (TPSA) is 80.7 Å². The molecule has 0 bridgehead atoms. The summed E-state index contributed by atoms with van der Waals surface area (Å²) in [6.45, 7) is 0. The second-order valence-corrected chi connectivity index (χ2v) is 5.01. The minimum absolute atomic E-state index is 0.0401. The molecule has 1 aliphatic carbocycles. The van der Waals surface area contributed by atoms with E-state index < -0.39 is 0 Å². The fourth-order valence-electron chi connectivity index (χ4n) is 2.40. The van der Waals surface area contributed by atoms with Crippen LogP contribution >= 0.6 is 0 Å². The van der Waals surface area contributed by atoms with E-state index in [0.717, 1.165) is 6.29 Å². The highest BCUT2D eigenvalue weighted by Crippen LogP contribution is 2.30. The Balaban J connectivity index is 2.01. The molecule has 5 heteroatoms. The van der Waals surface area contributed by atoms with Crippen molar-refractivity contribution in [3.8, 4) is 11.5 Å². The van der Waals surface area contributed by atoms with Gasteiger partial charge in [-0.2, -0.15) is 0 Å². The molecule has 0 aliphatic heterocycles. The van der Waals surface area contributed by atoms with Crippen molar-refractivity contribution < 1.29 is 24.2 Å². The molecule has 1 fully saturated rings. The van der Waals surface area contributed by atoms with Crippen molar-refractivity contribution in [2.24, 2.45) is 11.8 Å². The van der Waals surface area contributed by atoms with E-state index in [9.17, 15) is 19.5 Å². The van der Waals surface area contributed by atoms with Crippen molar-refractivity contribution in [2.75, 3.05) is 0 Å². The van der Waals surface area contributed by atoms with Crippen LogP contribution in [0, 0.1) is 11.8 Å². The summed E-state index contributed by atoms with van der Waals surface area (Å²) >= 11 is 0. The number of phenolic OH excluding ortho intramolecular Hbond substituents is 1. The van der Waals surface area contributed by atoms with Crippen LogP contribution in [0.2, 0.25) is 0 Å². The van der Waals surface area contributed by atoms with Gasteiger partial charge in [0.05, 0.1) is 11.5 Å². The number of carbonyl (C=O) groups is 3. The lowest BCUT2D eigenvalue weighted by molar-refractivity contribution is -0.140. The van der Waals surface area contributed by atoms with Crippen LogP contribution in [-0.2, 0) is 9.59 Å². The first-order valence-corrected chi connectivity index (χ1v) is 6.59. The Labute approximate surface area is 116 Å². The summed E-state index contributed by atoms with van der Waals surface area (Å²) in [6, 6.07) is 4.01. The number of benzene rings is 1. The Bertz CT molecular complexity index is 515. The van der Waals surface area contributed by atoms with Crippen LogP contribution in [0.3, 0.4) is 0 Å². The molecule has 1 N–H and O–H groups in total.